The summed E-state index contributed by atoms with van der Waals surface area (Å²) in [5.41, 5.74) is 4.32. The van der Waals surface area contributed by atoms with E-state index in [0.717, 1.165) is 22.5 Å². The number of rotatable bonds is 5. The van der Waals surface area contributed by atoms with Gasteiger partial charge in [0, 0.05) is 15.5 Å². The van der Waals surface area contributed by atoms with Gasteiger partial charge in [-0.2, -0.15) is 0 Å². The Bertz CT molecular complexity index is 641. The fourth-order valence-electron chi connectivity index (χ4n) is 3.21. The molecule has 0 spiro atoms. The first kappa shape index (κ1) is 15.1. The maximum absolute atomic E-state index is 6.06. The van der Waals surface area contributed by atoms with Gasteiger partial charge in [-0.3, -0.25) is 0 Å². The third kappa shape index (κ3) is 3.18. The van der Waals surface area contributed by atoms with Crippen molar-refractivity contribution in [2.24, 2.45) is 0 Å². The van der Waals surface area contributed by atoms with Gasteiger partial charge in [-0.05, 0) is 54.1 Å². The molecule has 0 aromatic heterocycles. The number of benzene rings is 2. The topological polar surface area (TPSA) is 12.0 Å². The Morgan fingerprint density at radius 1 is 1.29 bits per heavy atom. The first-order valence-corrected chi connectivity index (χ1v) is 8.62. The largest absolute Gasteiger partial charge is 0.310 e. The molecule has 1 nitrogen and oxygen atoms in total. The van der Waals surface area contributed by atoms with Crippen LogP contribution in [0.4, 0.5) is 0 Å². The predicted molar refractivity (Wildman–Crippen MR) is 93.1 cm³/mol. The van der Waals surface area contributed by atoms with Gasteiger partial charge in [0.2, 0.25) is 0 Å². The van der Waals surface area contributed by atoms with E-state index in [1.54, 1.807) is 0 Å². The lowest BCUT2D eigenvalue weighted by molar-refractivity contribution is 0.435. The Balaban J connectivity index is 1.80. The summed E-state index contributed by atoms with van der Waals surface area (Å²) in [4.78, 5) is 0. The van der Waals surface area contributed by atoms with Gasteiger partial charge < -0.3 is 5.32 Å². The van der Waals surface area contributed by atoms with Crippen molar-refractivity contribution in [3.05, 3.63) is 68.7 Å². The normalized spacial score (nSPS) is 18.0. The lowest BCUT2D eigenvalue weighted by Gasteiger charge is -2.33. The minimum Gasteiger partial charge on any atom is -0.310 e. The molecule has 0 bridgehead atoms. The molecule has 2 aromatic carbocycles. The molecule has 3 rings (SSSR count). The van der Waals surface area contributed by atoms with Crippen LogP contribution in [0.25, 0.3) is 0 Å². The second-order valence-corrected chi connectivity index (χ2v) is 6.90. The van der Waals surface area contributed by atoms with E-state index in [4.69, 9.17) is 11.6 Å². The molecule has 0 amide bonds. The number of nitrogens with one attached hydrogen (secondary N) is 1. The summed E-state index contributed by atoms with van der Waals surface area (Å²) < 4.78 is 1.09. The van der Waals surface area contributed by atoms with Crippen molar-refractivity contribution in [2.45, 2.75) is 31.7 Å². The van der Waals surface area contributed by atoms with E-state index in [9.17, 15) is 0 Å². The Morgan fingerprint density at radius 2 is 2.10 bits per heavy atom. The highest BCUT2D eigenvalue weighted by Crippen LogP contribution is 2.41. The Kier molecular flexibility index (Phi) is 4.68. The van der Waals surface area contributed by atoms with Crippen molar-refractivity contribution in [3.8, 4) is 0 Å². The Morgan fingerprint density at radius 3 is 2.81 bits per heavy atom. The second-order valence-electron chi connectivity index (χ2n) is 5.61. The maximum atomic E-state index is 6.06. The van der Waals surface area contributed by atoms with Crippen LogP contribution in [0, 0.1) is 0 Å². The van der Waals surface area contributed by atoms with Crippen LogP contribution < -0.4 is 5.32 Å². The van der Waals surface area contributed by atoms with Gasteiger partial charge >= 0.3 is 0 Å². The molecular weight excluding hydrogens is 346 g/mol. The summed E-state index contributed by atoms with van der Waals surface area (Å²) in [5.74, 6) is 0.660. The molecule has 0 saturated heterocycles. The lowest BCUT2D eigenvalue weighted by Crippen LogP contribution is -2.27. The first-order chi connectivity index (χ1) is 10.2. The number of hydrogen-bond acceptors (Lipinski definition) is 1. The molecule has 2 atom stereocenters. The first-order valence-electron chi connectivity index (χ1n) is 7.45. The molecule has 2 unspecified atom stereocenters. The average Bonchev–Trinajstić information content (AvgIpc) is 2.44. The monoisotopic (exact) mass is 363 g/mol. The standard InChI is InChI=1S/C18H19BrClN/c1-2-21-18(16-8-7-14(20)11-17(16)19)10-13-9-12-5-3-4-6-15(12)13/h3-8,11,13,18,21H,2,9-10H2,1H3. The zero-order valence-corrected chi connectivity index (χ0v) is 14.4. The van der Waals surface area contributed by atoms with Crippen LogP contribution in [0.2, 0.25) is 5.02 Å². The van der Waals surface area contributed by atoms with Gasteiger partial charge in [0.15, 0.2) is 0 Å². The summed E-state index contributed by atoms with van der Waals surface area (Å²) in [5, 5.41) is 4.39. The third-order valence-corrected chi connectivity index (χ3v) is 5.19. The average molecular weight is 365 g/mol. The predicted octanol–water partition coefficient (Wildman–Crippen LogP) is 5.48. The molecule has 0 radical (unpaired) electrons. The molecule has 3 heteroatoms. The molecule has 2 aromatic rings. The molecule has 0 saturated carbocycles. The second kappa shape index (κ2) is 6.51. The molecule has 1 N–H and O–H groups in total. The number of fused-ring (bicyclic) bond motifs is 1. The minimum absolute atomic E-state index is 0.361. The van der Waals surface area contributed by atoms with Crippen molar-refractivity contribution >= 4 is 27.5 Å². The molecule has 21 heavy (non-hydrogen) atoms. The molecule has 1 aliphatic carbocycles. The van der Waals surface area contributed by atoms with Crippen molar-refractivity contribution in [1.29, 1.82) is 0 Å². The van der Waals surface area contributed by atoms with Crippen molar-refractivity contribution in [1.82, 2.24) is 5.32 Å². The van der Waals surface area contributed by atoms with Gasteiger partial charge in [-0.1, -0.05) is 64.8 Å². The van der Waals surface area contributed by atoms with Gasteiger partial charge in [-0.25, -0.2) is 0 Å². The maximum Gasteiger partial charge on any atom is 0.0417 e. The van der Waals surface area contributed by atoms with E-state index in [0.29, 0.717) is 12.0 Å². The van der Waals surface area contributed by atoms with E-state index in [1.165, 1.54) is 23.1 Å². The van der Waals surface area contributed by atoms with Crippen LogP contribution in [0.3, 0.4) is 0 Å². The van der Waals surface area contributed by atoms with E-state index in [1.807, 2.05) is 12.1 Å². The van der Waals surface area contributed by atoms with Gasteiger partial charge in [-0.15, -0.1) is 0 Å². The summed E-state index contributed by atoms with van der Waals surface area (Å²) in [6.45, 7) is 3.12. The summed E-state index contributed by atoms with van der Waals surface area (Å²) in [6, 6.07) is 15.2. The van der Waals surface area contributed by atoms with Crippen LogP contribution in [0.5, 0.6) is 0 Å². The summed E-state index contributed by atoms with van der Waals surface area (Å²) >= 11 is 9.71. The Labute approximate surface area is 139 Å². The van der Waals surface area contributed by atoms with E-state index >= 15 is 0 Å². The highest BCUT2D eigenvalue weighted by molar-refractivity contribution is 9.10. The summed E-state index contributed by atoms with van der Waals surface area (Å²) in [6.07, 6.45) is 2.33. The highest BCUT2D eigenvalue weighted by atomic mass is 79.9. The van der Waals surface area contributed by atoms with Crippen molar-refractivity contribution in [2.75, 3.05) is 6.54 Å². The van der Waals surface area contributed by atoms with Gasteiger partial charge in [0.1, 0.15) is 0 Å². The number of hydrogen-bond donors (Lipinski definition) is 1. The number of halogens is 2. The zero-order chi connectivity index (χ0) is 14.8. The van der Waals surface area contributed by atoms with Crippen LogP contribution in [-0.2, 0) is 6.42 Å². The quantitative estimate of drug-likeness (QED) is 0.740. The molecule has 110 valence electrons. The van der Waals surface area contributed by atoms with Crippen LogP contribution in [0.1, 0.15) is 42.0 Å². The van der Waals surface area contributed by atoms with Crippen molar-refractivity contribution in [3.63, 3.8) is 0 Å². The SMILES string of the molecule is CCNC(CC1Cc2ccccc21)c1ccc(Cl)cc1Br. The molecular formula is C18H19BrClN. The zero-order valence-electron chi connectivity index (χ0n) is 12.1. The van der Waals surface area contributed by atoms with Crippen LogP contribution in [0.15, 0.2) is 46.9 Å². The van der Waals surface area contributed by atoms with Gasteiger partial charge in [0.25, 0.3) is 0 Å². The minimum atomic E-state index is 0.361. The van der Waals surface area contributed by atoms with E-state index in [2.05, 4.69) is 58.5 Å². The molecule has 0 fully saturated rings. The van der Waals surface area contributed by atoms with Crippen LogP contribution >= 0.6 is 27.5 Å². The summed E-state index contributed by atoms with van der Waals surface area (Å²) in [7, 11) is 0. The third-order valence-electron chi connectivity index (χ3n) is 4.27. The van der Waals surface area contributed by atoms with Gasteiger partial charge in [0.05, 0.1) is 0 Å². The highest BCUT2D eigenvalue weighted by Gasteiger charge is 2.28. The van der Waals surface area contributed by atoms with E-state index in [-0.39, 0.29) is 0 Å². The fraction of sp³-hybridized carbons (Fsp3) is 0.333. The smallest absolute Gasteiger partial charge is 0.0417 e. The molecule has 0 aliphatic heterocycles. The van der Waals surface area contributed by atoms with Crippen molar-refractivity contribution < 1.29 is 0 Å². The molecule has 0 heterocycles. The fourth-order valence-corrected chi connectivity index (χ4v) is 4.17. The lowest BCUT2D eigenvalue weighted by atomic mass is 9.74. The molecule has 1 aliphatic rings. The van der Waals surface area contributed by atoms with E-state index < -0.39 is 0 Å². The van der Waals surface area contributed by atoms with Crippen LogP contribution in [-0.4, -0.2) is 6.54 Å². The Hall–Kier alpha value is -0.830.